The maximum atomic E-state index is 13.3. The third-order valence-electron chi connectivity index (χ3n) is 4.96. The van der Waals surface area contributed by atoms with E-state index in [9.17, 15) is 14.7 Å². The molecule has 142 valence electrons. The second-order valence-electron chi connectivity index (χ2n) is 8.04. The monoisotopic (exact) mass is 362 g/mol. The van der Waals surface area contributed by atoms with Gasteiger partial charge in [-0.3, -0.25) is 9.59 Å². The van der Waals surface area contributed by atoms with E-state index >= 15 is 0 Å². The third-order valence-corrected chi connectivity index (χ3v) is 4.96. The van der Waals surface area contributed by atoms with Crippen LogP contribution < -0.4 is 5.32 Å². The van der Waals surface area contributed by atoms with Gasteiger partial charge in [-0.25, -0.2) is 0 Å². The third kappa shape index (κ3) is 3.25. The van der Waals surface area contributed by atoms with Gasteiger partial charge in [0.05, 0.1) is 17.8 Å². The summed E-state index contributed by atoms with van der Waals surface area (Å²) >= 11 is 0. The minimum absolute atomic E-state index is 0.00945. The van der Waals surface area contributed by atoms with Crippen molar-refractivity contribution >= 4 is 17.6 Å². The zero-order chi connectivity index (χ0) is 19.2. The Balaban J connectivity index is 1.89. The summed E-state index contributed by atoms with van der Waals surface area (Å²) in [6, 6.07) is 1.32. The van der Waals surface area contributed by atoms with Gasteiger partial charge in [0, 0.05) is 19.0 Å². The van der Waals surface area contributed by atoms with E-state index in [1.54, 1.807) is 24.8 Å². The van der Waals surface area contributed by atoms with Crippen molar-refractivity contribution in [1.82, 2.24) is 15.4 Å². The quantitative estimate of drug-likeness (QED) is 0.827. The summed E-state index contributed by atoms with van der Waals surface area (Å²) in [5.41, 5.74) is -0.0810. The maximum Gasteiger partial charge on any atom is 0.272 e. The van der Waals surface area contributed by atoms with Crippen molar-refractivity contribution in [3.63, 3.8) is 0 Å². The number of likely N-dealkylation sites (tertiary alicyclic amines) is 1. The zero-order valence-corrected chi connectivity index (χ0v) is 15.8. The Labute approximate surface area is 152 Å². The van der Waals surface area contributed by atoms with Crippen molar-refractivity contribution in [3.8, 4) is 0 Å². The van der Waals surface area contributed by atoms with Gasteiger partial charge in [-0.05, 0) is 26.7 Å². The van der Waals surface area contributed by atoms with Crippen molar-refractivity contribution in [2.45, 2.75) is 64.6 Å². The number of aliphatic imine (C=N–C) groups is 1. The van der Waals surface area contributed by atoms with Crippen LogP contribution in [0, 0.1) is 12.8 Å². The molecule has 0 radical (unpaired) electrons. The summed E-state index contributed by atoms with van der Waals surface area (Å²) in [5.74, 6) is 0.0212. The highest BCUT2D eigenvalue weighted by molar-refractivity contribution is 6.09. The van der Waals surface area contributed by atoms with E-state index in [1.807, 2.05) is 20.8 Å². The molecule has 8 heteroatoms. The topological polar surface area (TPSA) is 108 Å². The number of aliphatic hydroxyl groups is 1. The lowest BCUT2D eigenvalue weighted by Gasteiger charge is -2.30. The van der Waals surface area contributed by atoms with Crippen LogP contribution in [-0.4, -0.2) is 57.0 Å². The molecule has 2 aliphatic heterocycles. The molecular weight excluding hydrogens is 336 g/mol. The highest BCUT2D eigenvalue weighted by Crippen LogP contribution is 2.32. The van der Waals surface area contributed by atoms with Gasteiger partial charge < -0.3 is 19.8 Å². The summed E-state index contributed by atoms with van der Waals surface area (Å²) in [7, 11) is 0. The molecule has 3 heterocycles. The number of aryl methyl sites for hydroxylation is 1. The molecule has 1 aromatic heterocycles. The van der Waals surface area contributed by atoms with Crippen molar-refractivity contribution in [3.05, 3.63) is 17.5 Å². The molecule has 26 heavy (non-hydrogen) atoms. The number of carbonyl (C=O) groups is 2. The Hall–Kier alpha value is -2.22. The van der Waals surface area contributed by atoms with Crippen LogP contribution in [0.5, 0.6) is 0 Å². The molecule has 0 saturated carbocycles. The molecule has 2 N–H and O–H groups in total. The molecule has 1 saturated heterocycles. The van der Waals surface area contributed by atoms with E-state index in [1.165, 1.54) is 0 Å². The molecule has 0 bridgehead atoms. The average molecular weight is 362 g/mol. The SMILES string of the molecule is Cc1cc(C(C(=O)N2CC(O)CC2C2=NC(=O)C(C)(C)N2)C(C)C)on1. The molecule has 3 atom stereocenters. The number of hydrogen-bond donors (Lipinski definition) is 2. The first-order valence-electron chi connectivity index (χ1n) is 8.93. The van der Waals surface area contributed by atoms with Crippen LogP contribution in [0.15, 0.2) is 15.6 Å². The average Bonchev–Trinajstić information content (AvgIpc) is 3.18. The van der Waals surface area contributed by atoms with Crippen LogP contribution >= 0.6 is 0 Å². The molecule has 3 rings (SSSR count). The summed E-state index contributed by atoms with van der Waals surface area (Å²) in [6.45, 7) is 9.40. The van der Waals surface area contributed by atoms with Crippen LogP contribution in [0.1, 0.15) is 51.5 Å². The first-order chi connectivity index (χ1) is 12.1. The Kier molecular flexibility index (Phi) is 4.64. The summed E-state index contributed by atoms with van der Waals surface area (Å²) in [4.78, 5) is 31.1. The number of nitrogens with one attached hydrogen (secondary N) is 1. The van der Waals surface area contributed by atoms with Gasteiger partial charge in [-0.1, -0.05) is 19.0 Å². The number of amidine groups is 1. The van der Waals surface area contributed by atoms with Crippen LogP contribution in [0.25, 0.3) is 0 Å². The van der Waals surface area contributed by atoms with Gasteiger partial charge in [0.25, 0.3) is 5.91 Å². The van der Waals surface area contributed by atoms with Gasteiger partial charge in [0.2, 0.25) is 5.91 Å². The number of aromatic nitrogens is 1. The molecular formula is C18H26N4O4. The number of β-amino-alcohol motifs (C(OH)–C–C–N with tert-alkyl or cyclic N) is 1. The van der Waals surface area contributed by atoms with Crippen LogP contribution in [-0.2, 0) is 9.59 Å². The Morgan fingerprint density at radius 2 is 2.15 bits per heavy atom. The fraction of sp³-hybridized carbons (Fsp3) is 0.667. The summed E-state index contributed by atoms with van der Waals surface area (Å²) in [5, 5.41) is 17.2. The highest BCUT2D eigenvalue weighted by atomic mass is 16.5. The lowest BCUT2D eigenvalue weighted by atomic mass is 9.91. The minimum Gasteiger partial charge on any atom is -0.391 e. The Bertz CT molecular complexity index is 752. The van der Waals surface area contributed by atoms with Crippen molar-refractivity contribution in [1.29, 1.82) is 0 Å². The number of hydrogen-bond acceptors (Lipinski definition) is 6. The summed E-state index contributed by atoms with van der Waals surface area (Å²) in [6.07, 6.45) is -0.308. The van der Waals surface area contributed by atoms with Gasteiger partial charge >= 0.3 is 0 Å². The Morgan fingerprint density at radius 3 is 2.65 bits per heavy atom. The number of aliphatic hydroxyl groups excluding tert-OH is 1. The van der Waals surface area contributed by atoms with Crippen molar-refractivity contribution in [2.24, 2.45) is 10.9 Å². The smallest absolute Gasteiger partial charge is 0.272 e. The lowest BCUT2D eigenvalue weighted by molar-refractivity contribution is -0.134. The van der Waals surface area contributed by atoms with Gasteiger partial charge in [0.15, 0.2) is 0 Å². The largest absolute Gasteiger partial charge is 0.391 e. The fourth-order valence-corrected chi connectivity index (χ4v) is 3.57. The molecule has 8 nitrogen and oxygen atoms in total. The van der Waals surface area contributed by atoms with E-state index in [0.29, 0.717) is 23.7 Å². The van der Waals surface area contributed by atoms with E-state index in [0.717, 1.165) is 0 Å². The molecule has 1 fully saturated rings. The van der Waals surface area contributed by atoms with E-state index in [2.05, 4.69) is 15.5 Å². The van der Waals surface area contributed by atoms with Crippen LogP contribution in [0.2, 0.25) is 0 Å². The molecule has 1 aromatic rings. The molecule has 0 spiro atoms. The van der Waals surface area contributed by atoms with Crippen LogP contribution in [0.4, 0.5) is 0 Å². The zero-order valence-electron chi connectivity index (χ0n) is 15.8. The lowest BCUT2D eigenvalue weighted by Crippen LogP contribution is -2.51. The fourth-order valence-electron chi connectivity index (χ4n) is 3.57. The van der Waals surface area contributed by atoms with Crippen molar-refractivity contribution in [2.75, 3.05) is 6.54 Å². The number of nitrogens with zero attached hydrogens (tertiary/aromatic N) is 3. The predicted molar refractivity (Wildman–Crippen MR) is 94.6 cm³/mol. The molecule has 2 amide bonds. The second kappa shape index (κ2) is 6.50. The Morgan fingerprint density at radius 1 is 1.46 bits per heavy atom. The second-order valence-corrected chi connectivity index (χ2v) is 8.04. The summed E-state index contributed by atoms with van der Waals surface area (Å²) < 4.78 is 5.35. The van der Waals surface area contributed by atoms with E-state index in [4.69, 9.17) is 4.52 Å². The number of amides is 2. The number of rotatable bonds is 4. The van der Waals surface area contributed by atoms with Crippen LogP contribution in [0.3, 0.4) is 0 Å². The molecule has 0 aromatic carbocycles. The van der Waals surface area contributed by atoms with Crippen molar-refractivity contribution < 1.29 is 19.2 Å². The van der Waals surface area contributed by atoms with E-state index in [-0.39, 0.29) is 24.3 Å². The maximum absolute atomic E-state index is 13.3. The predicted octanol–water partition coefficient (Wildman–Crippen LogP) is 0.991. The standard InChI is InChI=1S/C18H26N4O4/c1-9(2)14(13-6-10(3)21-26-13)16(24)22-8-11(23)7-12(22)15-19-17(25)18(4,5)20-15/h6,9,11-12,14,23H,7-8H2,1-5H3,(H,19,20,25). The van der Waals surface area contributed by atoms with Gasteiger partial charge in [0.1, 0.15) is 23.1 Å². The molecule has 0 aliphatic carbocycles. The minimum atomic E-state index is -0.795. The van der Waals surface area contributed by atoms with Gasteiger partial charge in [-0.2, -0.15) is 4.99 Å². The normalized spacial score (nSPS) is 26.2. The van der Waals surface area contributed by atoms with Gasteiger partial charge in [-0.15, -0.1) is 0 Å². The highest BCUT2D eigenvalue weighted by Gasteiger charge is 2.46. The van der Waals surface area contributed by atoms with E-state index < -0.39 is 23.6 Å². The molecule has 3 unspecified atom stereocenters. The first kappa shape index (κ1) is 18.6. The first-order valence-corrected chi connectivity index (χ1v) is 8.93. The molecule has 2 aliphatic rings. The number of carbonyl (C=O) groups excluding carboxylic acids is 2.